The van der Waals surface area contributed by atoms with Crippen molar-refractivity contribution in [1.82, 2.24) is 10.2 Å². The molecule has 0 radical (unpaired) electrons. The van der Waals surface area contributed by atoms with E-state index in [9.17, 15) is 0 Å². The average molecular weight is 268 g/mol. The Morgan fingerprint density at radius 3 is 2.79 bits per heavy atom. The van der Waals surface area contributed by atoms with Crippen molar-refractivity contribution in [1.29, 1.82) is 0 Å². The highest BCUT2D eigenvalue weighted by Crippen LogP contribution is 2.26. The highest BCUT2D eigenvalue weighted by molar-refractivity contribution is 4.84. The van der Waals surface area contributed by atoms with E-state index in [1.807, 2.05) is 7.11 Å². The summed E-state index contributed by atoms with van der Waals surface area (Å²) in [4.78, 5) is 2.68. The molecule has 1 N–H and O–H groups in total. The number of hydrogen-bond donors (Lipinski definition) is 1. The zero-order valence-electron chi connectivity index (χ0n) is 12.9. The van der Waals surface area contributed by atoms with E-state index in [1.54, 1.807) is 0 Å². The number of nitrogens with one attached hydrogen (secondary N) is 1. The summed E-state index contributed by atoms with van der Waals surface area (Å²) in [5.74, 6) is 1.64. The summed E-state index contributed by atoms with van der Waals surface area (Å²) in [6, 6.07) is 0.758. The number of nitrogens with zero attached hydrogens (tertiary/aromatic N) is 1. The van der Waals surface area contributed by atoms with E-state index in [-0.39, 0.29) is 0 Å². The molecule has 2 rings (SSSR count). The maximum atomic E-state index is 5.30. The van der Waals surface area contributed by atoms with Gasteiger partial charge in [0.2, 0.25) is 0 Å². The molecule has 1 saturated carbocycles. The van der Waals surface area contributed by atoms with Gasteiger partial charge >= 0.3 is 0 Å². The maximum absolute atomic E-state index is 5.30. The highest BCUT2D eigenvalue weighted by Gasteiger charge is 2.28. The second-order valence-electron chi connectivity index (χ2n) is 6.43. The Labute approximate surface area is 119 Å². The number of rotatable bonds is 6. The monoisotopic (exact) mass is 268 g/mol. The van der Waals surface area contributed by atoms with Gasteiger partial charge in [-0.2, -0.15) is 0 Å². The predicted octanol–water partition coefficient (Wildman–Crippen LogP) is 2.51. The summed E-state index contributed by atoms with van der Waals surface area (Å²) in [5, 5.41) is 3.73. The van der Waals surface area contributed by atoms with Crippen LogP contribution in [0.1, 0.15) is 45.4 Å². The largest absolute Gasteiger partial charge is 0.384 e. The number of likely N-dealkylation sites (tertiary alicyclic amines) is 1. The molecule has 2 fully saturated rings. The zero-order chi connectivity index (χ0) is 13.5. The minimum atomic E-state index is 0.758. The fourth-order valence-electron chi connectivity index (χ4n) is 3.92. The summed E-state index contributed by atoms with van der Waals surface area (Å²) >= 11 is 0. The van der Waals surface area contributed by atoms with Gasteiger partial charge in [0, 0.05) is 26.2 Å². The van der Waals surface area contributed by atoms with E-state index >= 15 is 0 Å². The minimum absolute atomic E-state index is 0.758. The molecule has 0 aromatic rings. The molecule has 2 aliphatic rings. The third kappa shape index (κ3) is 4.73. The smallest absolute Gasteiger partial charge is 0.0503 e. The van der Waals surface area contributed by atoms with Crippen molar-refractivity contribution in [3.63, 3.8) is 0 Å². The molecule has 1 aliphatic carbocycles. The lowest BCUT2D eigenvalue weighted by atomic mass is 9.94. The second kappa shape index (κ2) is 8.23. The lowest BCUT2D eigenvalue weighted by Gasteiger charge is -2.30. The number of methoxy groups -OCH3 is 1. The van der Waals surface area contributed by atoms with Crippen LogP contribution >= 0.6 is 0 Å². The zero-order valence-corrected chi connectivity index (χ0v) is 12.9. The third-order valence-electron chi connectivity index (χ3n) is 4.89. The molecule has 19 heavy (non-hydrogen) atoms. The standard InChI is InChI=1S/C16H32N2O/c1-3-17-16-8-6-4-5-7-15(16)12-18-10-9-14(11-18)13-19-2/h14-17H,3-13H2,1-2H3. The van der Waals surface area contributed by atoms with Crippen LogP contribution in [0.15, 0.2) is 0 Å². The van der Waals surface area contributed by atoms with E-state index < -0.39 is 0 Å². The Bertz CT molecular complexity index is 247. The van der Waals surface area contributed by atoms with E-state index in [0.717, 1.165) is 31.0 Å². The fraction of sp³-hybridized carbons (Fsp3) is 1.00. The van der Waals surface area contributed by atoms with Gasteiger partial charge in [-0.25, -0.2) is 0 Å². The Hall–Kier alpha value is -0.120. The van der Waals surface area contributed by atoms with Gasteiger partial charge in [-0.05, 0) is 44.2 Å². The van der Waals surface area contributed by atoms with Gasteiger partial charge in [0.1, 0.15) is 0 Å². The van der Waals surface area contributed by atoms with Gasteiger partial charge in [-0.1, -0.05) is 26.2 Å². The van der Waals surface area contributed by atoms with Crippen molar-refractivity contribution in [3.8, 4) is 0 Å². The van der Waals surface area contributed by atoms with Crippen LogP contribution in [0.25, 0.3) is 0 Å². The van der Waals surface area contributed by atoms with Crippen LogP contribution in [0.4, 0.5) is 0 Å². The molecule has 0 bridgehead atoms. The topological polar surface area (TPSA) is 24.5 Å². The van der Waals surface area contributed by atoms with E-state index in [1.165, 1.54) is 58.2 Å². The molecule has 1 heterocycles. The van der Waals surface area contributed by atoms with Crippen molar-refractivity contribution < 1.29 is 4.74 Å². The SMILES string of the molecule is CCNC1CCCCCC1CN1CCC(COC)C1. The van der Waals surface area contributed by atoms with Crippen LogP contribution in [-0.4, -0.2) is 50.8 Å². The molecule has 3 atom stereocenters. The lowest BCUT2D eigenvalue weighted by Crippen LogP contribution is -2.41. The summed E-state index contributed by atoms with van der Waals surface area (Å²) in [6.45, 7) is 8.14. The first kappa shape index (κ1) is 15.3. The average Bonchev–Trinajstić information content (AvgIpc) is 2.72. The van der Waals surface area contributed by atoms with Crippen LogP contribution in [0.3, 0.4) is 0 Å². The van der Waals surface area contributed by atoms with Crippen LogP contribution in [0, 0.1) is 11.8 Å². The van der Waals surface area contributed by atoms with Gasteiger partial charge < -0.3 is 15.0 Å². The van der Waals surface area contributed by atoms with E-state index in [2.05, 4.69) is 17.1 Å². The first-order valence-corrected chi connectivity index (χ1v) is 8.28. The van der Waals surface area contributed by atoms with Gasteiger partial charge in [0.15, 0.2) is 0 Å². The molecule has 0 spiro atoms. The van der Waals surface area contributed by atoms with Gasteiger partial charge in [-0.15, -0.1) is 0 Å². The Kier molecular flexibility index (Phi) is 6.62. The molecular weight excluding hydrogens is 236 g/mol. The van der Waals surface area contributed by atoms with Gasteiger partial charge in [0.05, 0.1) is 6.61 Å². The van der Waals surface area contributed by atoms with Crippen molar-refractivity contribution >= 4 is 0 Å². The predicted molar refractivity (Wildman–Crippen MR) is 80.5 cm³/mol. The molecule has 112 valence electrons. The van der Waals surface area contributed by atoms with E-state index in [4.69, 9.17) is 4.74 Å². The molecule has 3 nitrogen and oxygen atoms in total. The molecular formula is C16H32N2O. The Morgan fingerprint density at radius 1 is 1.16 bits per heavy atom. The summed E-state index contributed by atoms with van der Waals surface area (Å²) in [6.07, 6.45) is 8.41. The Balaban J connectivity index is 1.81. The Morgan fingerprint density at radius 2 is 2.00 bits per heavy atom. The van der Waals surface area contributed by atoms with E-state index in [0.29, 0.717) is 0 Å². The minimum Gasteiger partial charge on any atom is -0.384 e. The quantitative estimate of drug-likeness (QED) is 0.749. The molecule has 3 heteroatoms. The van der Waals surface area contributed by atoms with Crippen molar-refractivity contribution in [3.05, 3.63) is 0 Å². The van der Waals surface area contributed by atoms with Gasteiger partial charge in [-0.3, -0.25) is 0 Å². The second-order valence-corrected chi connectivity index (χ2v) is 6.43. The first-order chi connectivity index (χ1) is 9.33. The normalized spacial score (nSPS) is 33.5. The molecule has 0 aromatic carbocycles. The van der Waals surface area contributed by atoms with Crippen LogP contribution < -0.4 is 5.32 Å². The van der Waals surface area contributed by atoms with Crippen LogP contribution in [0.5, 0.6) is 0 Å². The number of ether oxygens (including phenoxy) is 1. The van der Waals surface area contributed by atoms with Crippen molar-refractivity contribution in [2.75, 3.05) is 39.9 Å². The highest BCUT2D eigenvalue weighted by atomic mass is 16.5. The van der Waals surface area contributed by atoms with Crippen molar-refractivity contribution in [2.24, 2.45) is 11.8 Å². The molecule has 1 saturated heterocycles. The molecule has 1 aliphatic heterocycles. The summed E-state index contributed by atoms with van der Waals surface area (Å²) in [7, 11) is 1.83. The molecule has 0 aromatic heterocycles. The maximum Gasteiger partial charge on any atom is 0.0503 e. The molecule has 0 amide bonds. The first-order valence-electron chi connectivity index (χ1n) is 8.28. The van der Waals surface area contributed by atoms with Gasteiger partial charge in [0.25, 0.3) is 0 Å². The fourth-order valence-corrected chi connectivity index (χ4v) is 3.92. The van der Waals surface area contributed by atoms with Crippen molar-refractivity contribution in [2.45, 2.75) is 51.5 Å². The summed E-state index contributed by atoms with van der Waals surface area (Å²) < 4.78 is 5.30. The van der Waals surface area contributed by atoms with Crippen LogP contribution in [-0.2, 0) is 4.74 Å². The van der Waals surface area contributed by atoms with Crippen LogP contribution in [0.2, 0.25) is 0 Å². The number of hydrogen-bond acceptors (Lipinski definition) is 3. The summed E-state index contributed by atoms with van der Waals surface area (Å²) in [5.41, 5.74) is 0. The lowest BCUT2D eigenvalue weighted by molar-refractivity contribution is 0.148. The third-order valence-corrected chi connectivity index (χ3v) is 4.89. The molecule has 3 unspecified atom stereocenters.